The van der Waals surface area contributed by atoms with Gasteiger partial charge in [0.05, 0.1) is 0 Å². The Bertz CT molecular complexity index is 1110. The number of benzene rings is 2. The van der Waals surface area contributed by atoms with E-state index in [9.17, 15) is 18.0 Å². The fraction of sp³-hybridized carbons (Fsp3) is 0.500. The fourth-order valence-electron chi connectivity index (χ4n) is 5.17. The Kier molecular flexibility index (Phi) is 19.8. The van der Waals surface area contributed by atoms with E-state index in [1.165, 1.54) is 35.1 Å². The summed E-state index contributed by atoms with van der Waals surface area (Å²) in [5.41, 5.74) is 10.2. The summed E-state index contributed by atoms with van der Waals surface area (Å²) in [7, 11) is 0. The molecule has 0 spiro atoms. The molecule has 6 heteroatoms. The summed E-state index contributed by atoms with van der Waals surface area (Å²) in [6, 6.07) is 14.3. The third-order valence-electron chi connectivity index (χ3n) is 7.93. The summed E-state index contributed by atoms with van der Waals surface area (Å²) in [6.45, 7) is 16.3. The molecule has 3 nitrogen and oxygen atoms in total. The van der Waals surface area contributed by atoms with Crippen LogP contribution in [0, 0.1) is 11.8 Å². The van der Waals surface area contributed by atoms with Gasteiger partial charge in [0.1, 0.15) is 19.9 Å². The van der Waals surface area contributed by atoms with E-state index in [-0.39, 0.29) is 13.8 Å². The lowest BCUT2D eigenvalue weighted by Crippen LogP contribution is -2.16. The quantitative estimate of drug-likeness (QED) is 0.205. The van der Waals surface area contributed by atoms with Crippen LogP contribution in [0.1, 0.15) is 101 Å². The van der Waals surface area contributed by atoms with E-state index in [2.05, 4.69) is 58.2 Å². The van der Waals surface area contributed by atoms with Crippen LogP contribution in [0.2, 0.25) is 0 Å². The zero-order valence-corrected chi connectivity index (χ0v) is 25.9. The molecular formula is C36H51F3O3. The van der Waals surface area contributed by atoms with E-state index in [1.807, 2.05) is 31.8 Å². The lowest BCUT2D eigenvalue weighted by molar-refractivity contribution is -0.134. The van der Waals surface area contributed by atoms with Crippen molar-refractivity contribution in [3.63, 3.8) is 0 Å². The molecule has 0 saturated heterocycles. The Labute approximate surface area is 252 Å². The van der Waals surface area contributed by atoms with Gasteiger partial charge in [-0.1, -0.05) is 76.2 Å². The molecule has 42 heavy (non-hydrogen) atoms. The van der Waals surface area contributed by atoms with Crippen LogP contribution in [0.3, 0.4) is 0 Å². The van der Waals surface area contributed by atoms with Crippen molar-refractivity contribution >= 4 is 19.9 Å². The number of halogens is 3. The zero-order valence-electron chi connectivity index (χ0n) is 25.9. The number of alkyl halides is 3. The molecule has 0 aliphatic heterocycles. The van der Waals surface area contributed by atoms with Gasteiger partial charge in [-0.2, -0.15) is 13.2 Å². The van der Waals surface area contributed by atoms with Gasteiger partial charge in [-0.25, -0.2) is 0 Å². The largest absolute Gasteiger partial charge is 0.389 e. The summed E-state index contributed by atoms with van der Waals surface area (Å²) in [5.74, 6) is 1.37. The second-order valence-corrected chi connectivity index (χ2v) is 10.8. The van der Waals surface area contributed by atoms with E-state index in [1.54, 1.807) is 6.07 Å². The third kappa shape index (κ3) is 14.6. The molecule has 0 aromatic heterocycles. The zero-order chi connectivity index (χ0) is 32.1. The van der Waals surface area contributed by atoms with Crippen LogP contribution in [0.5, 0.6) is 0 Å². The van der Waals surface area contributed by atoms with Crippen molar-refractivity contribution in [2.24, 2.45) is 11.8 Å². The summed E-state index contributed by atoms with van der Waals surface area (Å²) >= 11 is 0. The highest BCUT2D eigenvalue weighted by atomic mass is 19.4. The first-order valence-corrected chi connectivity index (χ1v) is 14.8. The van der Waals surface area contributed by atoms with Crippen molar-refractivity contribution in [3.05, 3.63) is 88.2 Å². The second kappa shape index (κ2) is 21.5. The molecule has 3 atom stereocenters. The maximum Gasteiger partial charge on any atom is 0.389 e. The number of carbonyl (C=O) groups excluding carboxylic acids is 3. The molecule has 0 radical (unpaired) electrons. The highest BCUT2D eigenvalue weighted by Crippen LogP contribution is 2.32. The Morgan fingerprint density at radius 2 is 1.64 bits per heavy atom. The molecule has 0 bridgehead atoms. The standard InChI is InChI=1S/C23H29F3.C11H16O.2CH2O.H2/c1-4-17(3)22-16-18(5-2)9-11-21(22)12-10-19-7-6-8-20(15-19)13-14-23(24,25)26;1-3-9(2)11-6-4-5-10(7-11)8-12;2*1-2;/h6-9,11,15-17H,4-5,10,12-14H2,1-3H3;8,10-11H,1,4-7H2,2H3;2*1H2;1H. The minimum Gasteiger partial charge on any atom is -0.307 e. The van der Waals surface area contributed by atoms with E-state index < -0.39 is 12.6 Å². The van der Waals surface area contributed by atoms with Crippen LogP contribution in [0.15, 0.2) is 60.3 Å². The van der Waals surface area contributed by atoms with Gasteiger partial charge in [-0.15, -0.1) is 5.73 Å². The van der Waals surface area contributed by atoms with Gasteiger partial charge in [0.2, 0.25) is 0 Å². The molecular weight excluding hydrogens is 537 g/mol. The first-order chi connectivity index (χ1) is 20.1. The van der Waals surface area contributed by atoms with Crippen LogP contribution in [-0.2, 0) is 40.1 Å². The topological polar surface area (TPSA) is 51.2 Å². The Morgan fingerprint density at radius 1 is 1.00 bits per heavy atom. The molecule has 234 valence electrons. The number of aldehydes is 1. The second-order valence-electron chi connectivity index (χ2n) is 10.8. The smallest absolute Gasteiger partial charge is 0.307 e. The Morgan fingerprint density at radius 3 is 2.19 bits per heavy atom. The molecule has 1 fully saturated rings. The van der Waals surface area contributed by atoms with E-state index >= 15 is 0 Å². The van der Waals surface area contributed by atoms with Gasteiger partial charge in [0.15, 0.2) is 0 Å². The normalized spacial score (nSPS) is 16.5. The van der Waals surface area contributed by atoms with Crippen molar-refractivity contribution in [1.29, 1.82) is 0 Å². The number of allylic oxidation sites excluding steroid dienone is 1. The molecule has 2 aromatic rings. The van der Waals surface area contributed by atoms with Crippen molar-refractivity contribution in [2.45, 2.75) is 104 Å². The lowest BCUT2D eigenvalue weighted by Gasteiger charge is -2.25. The van der Waals surface area contributed by atoms with Gasteiger partial charge >= 0.3 is 6.18 Å². The molecule has 1 aliphatic rings. The van der Waals surface area contributed by atoms with Crippen LogP contribution < -0.4 is 0 Å². The van der Waals surface area contributed by atoms with Gasteiger partial charge in [-0.3, -0.25) is 0 Å². The first kappa shape index (κ1) is 38.8. The van der Waals surface area contributed by atoms with Crippen molar-refractivity contribution in [3.8, 4) is 0 Å². The van der Waals surface area contributed by atoms with Crippen LogP contribution in [0.25, 0.3) is 0 Å². The first-order valence-electron chi connectivity index (χ1n) is 14.8. The summed E-state index contributed by atoms with van der Waals surface area (Å²) < 4.78 is 37.3. The maximum atomic E-state index is 12.4. The summed E-state index contributed by atoms with van der Waals surface area (Å²) in [5, 5.41) is 0. The summed E-state index contributed by atoms with van der Waals surface area (Å²) in [6.07, 6.45) is 4.69. The number of rotatable bonds is 10. The maximum absolute atomic E-state index is 12.4. The number of hydrogen-bond acceptors (Lipinski definition) is 3. The molecule has 3 rings (SSSR count). The highest BCUT2D eigenvalue weighted by Gasteiger charge is 2.26. The molecule has 0 N–H and O–H groups in total. The average Bonchev–Trinajstić information content (AvgIpc) is 3.04. The van der Waals surface area contributed by atoms with E-state index in [0.717, 1.165) is 55.9 Å². The average molecular weight is 589 g/mol. The predicted molar refractivity (Wildman–Crippen MR) is 169 cm³/mol. The van der Waals surface area contributed by atoms with Gasteiger partial charge < -0.3 is 14.4 Å². The number of hydrogen-bond donors (Lipinski definition) is 0. The van der Waals surface area contributed by atoms with Crippen molar-refractivity contribution in [2.75, 3.05) is 0 Å². The minimum atomic E-state index is -4.10. The van der Waals surface area contributed by atoms with E-state index in [0.29, 0.717) is 11.8 Å². The van der Waals surface area contributed by atoms with Crippen molar-refractivity contribution < 1.29 is 29.0 Å². The number of aryl methyl sites for hydroxylation is 4. The lowest BCUT2D eigenvalue weighted by atomic mass is 9.79. The monoisotopic (exact) mass is 588 g/mol. The Hall–Kier alpha value is -3.24. The van der Waals surface area contributed by atoms with Crippen LogP contribution in [0.4, 0.5) is 13.2 Å². The molecule has 2 aromatic carbocycles. The van der Waals surface area contributed by atoms with Crippen LogP contribution in [-0.4, -0.2) is 26.0 Å². The predicted octanol–water partition coefficient (Wildman–Crippen LogP) is 9.64. The van der Waals surface area contributed by atoms with Gasteiger partial charge in [0.25, 0.3) is 0 Å². The molecule has 0 amide bonds. The van der Waals surface area contributed by atoms with Gasteiger partial charge in [-0.05, 0) is 104 Å². The summed E-state index contributed by atoms with van der Waals surface area (Å²) in [4.78, 5) is 26.6. The van der Waals surface area contributed by atoms with E-state index in [4.69, 9.17) is 9.59 Å². The molecule has 1 aliphatic carbocycles. The Balaban J connectivity index is 0. The highest BCUT2D eigenvalue weighted by molar-refractivity contribution is 5.53. The SMILES string of the molecule is C=C=C(C)C1CCCC(C=O)C1.C=O.C=O.CCc1ccc(CCc2cccc(CCC(F)(F)F)c2)c(C(C)CC)c1.[HH]. The van der Waals surface area contributed by atoms with Crippen molar-refractivity contribution in [1.82, 2.24) is 0 Å². The fourth-order valence-corrected chi connectivity index (χ4v) is 5.17. The number of carbonyl (C=O) groups is 3. The van der Waals surface area contributed by atoms with Gasteiger partial charge in [0, 0.05) is 13.8 Å². The molecule has 1 saturated carbocycles. The molecule has 0 heterocycles. The third-order valence-corrected chi connectivity index (χ3v) is 7.93. The molecule has 3 unspecified atom stereocenters. The van der Waals surface area contributed by atoms with Crippen LogP contribution >= 0.6 is 0 Å². The minimum absolute atomic E-state index is 0.